The van der Waals surface area contributed by atoms with E-state index in [9.17, 15) is 0 Å². The van der Waals surface area contributed by atoms with E-state index >= 15 is 0 Å². The van der Waals surface area contributed by atoms with E-state index < -0.39 is 0 Å². The zero-order valence-corrected chi connectivity index (χ0v) is 9.14. The van der Waals surface area contributed by atoms with Gasteiger partial charge in [-0.25, -0.2) is 10.8 Å². The number of nitrogens with one attached hydrogen (secondary N) is 1. The SMILES string of the molecule is CC(C)c1noc(-c2cccnc2NN)n1. The van der Waals surface area contributed by atoms with E-state index in [1.54, 1.807) is 12.3 Å². The molecule has 0 amide bonds. The van der Waals surface area contributed by atoms with Gasteiger partial charge in [0.15, 0.2) is 11.6 Å². The van der Waals surface area contributed by atoms with E-state index in [4.69, 9.17) is 10.4 Å². The van der Waals surface area contributed by atoms with Gasteiger partial charge in [-0.3, -0.25) is 0 Å². The molecule has 2 rings (SSSR count). The summed E-state index contributed by atoms with van der Waals surface area (Å²) in [6, 6.07) is 3.61. The maximum atomic E-state index is 5.35. The first-order chi connectivity index (χ1) is 7.72. The number of anilines is 1. The lowest BCUT2D eigenvalue weighted by molar-refractivity contribution is 0.419. The van der Waals surface area contributed by atoms with Gasteiger partial charge in [0, 0.05) is 12.1 Å². The number of nitrogens with zero attached hydrogens (tertiary/aromatic N) is 3. The van der Waals surface area contributed by atoms with Gasteiger partial charge in [0.1, 0.15) is 0 Å². The van der Waals surface area contributed by atoms with Gasteiger partial charge in [0.05, 0.1) is 5.56 Å². The zero-order chi connectivity index (χ0) is 11.5. The molecular formula is C10H13N5O. The molecule has 0 unspecified atom stereocenters. The van der Waals surface area contributed by atoms with E-state index in [1.165, 1.54) is 0 Å². The summed E-state index contributed by atoms with van der Waals surface area (Å²) >= 11 is 0. The molecule has 2 aromatic rings. The van der Waals surface area contributed by atoms with Crippen LogP contribution in [0.3, 0.4) is 0 Å². The summed E-state index contributed by atoms with van der Waals surface area (Å²) < 4.78 is 5.16. The van der Waals surface area contributed by atoms with Crippen molar-refractivity contribution in [2.24, 2.45) is 5.84 Å². The molecule has 0 spiro atoms. The molecule has 0 fully saturated rings. The van der Waals surface area contributed by atoms with E-state index in [0.29, 0.717) is 23.1 Å². The monoisotopic (exact) mass is 219 g/mol. The van der Waals surface area contributed by atoms with Crippen LogP contribution < -0.4 is 11.3 Å². The number of hydrogen-bond acceptors (Lipinski definition) is 6. The van der Waals surface area contributed by atoms with E-state index in [1.807, 2.05) is 19.9 Å². The number of hydrazine groups is 1. The largest absolute Gasteiger partial charge is 0.334 e. The van der Waals surface area contributed by atoms with Crippen LogP contribution in [0.5, 0.6) is 0 Å². The molecule has 0 aliphatic carbocycles. The number of rotatable bonds is 3. The van der Waals surface area contributed by atoms with Crippen molar-refractivity contribution in [1.29, 1.82) is 0 Å². The van der Waals surface area contributed by atoms with Crippen LogP contribution in [-0.4, -0.2) is 15.1 Å². The predicted molar refractivity (Wildman–Crippen MR) is 59.4 cm³/mol. The molecule has 0 bridgehead atoms. The first-order valence-electron chi connectivity index (χ1n) is 4.98. The molecule has 3 N–H and O–H groups in total. The minimum atomic E-state index is 0.225. The zero-order valence-electron chi connectivity index (χ0n) is 9.14. The van der Waals surface area contributed by atoms with Crippen LogP contribution in [0.25, 0.3) is 11.5 Å². The summed E-state index contributed by atoms with van der Waals surface area (Å²) in [6.07, 6.45) is 1.64. The van der Waals surface area contributed by atoms with Gasteiger partial charge in [-0.15, -0.1) is 0 Å². The van der Waals surface area contributed by atoms with Gasteiger partial charge in [-0.05, 0) is 12.1 Å². The highest BCUT2D eigenvalue weighted by atomic mass is 16.5. The first kappa shape index (κ1) is 10.6. The van der Waals surface area contributed by atoms with Crippen LogP contribution in [0.2, 0.25) is 0 Å². The Morgan fingerprint density at radius 1 is 1.44 bits per heavy atom. The average Bonchev–Trinajstić information content (AvgIpc) is 2.78. The third-order valence-electron chi connectivity index (χ3n) is 2.13. The molecule has 2 aromatic heterocycles. The summed E-state index contributed by atoms with van der Waals surface area (Å²) in [7, 11) is 0. The number of aromatic nitrogens is 3. The number of hydrogen-bond donors (Lipinski definition) is 2. The van der Waals surface area contributed by atoms with Crippen molar-refractivity contribution in [2.45, 2.75) is 19.8 Å². The predicted octanol–water partition coefficient (Wildman–Crippen LogP) is 1.54. The second-order valence-corrected chi connectivity index (χ2v) is 3.66. The van der Waals surface area contributed by atoms with E-state index in [0.717, 1.165) is 0 Å². The molecule has 84 valence electrons. The minimum absolute atomic E-state index is 0.225. The smallest absolute Gasteiger partial charge is 0.261 e. The second kappa shape index (κ2) is 4.28. The van der Waals surface area contributed by atoms with Crippen molar-refractivity contribution in [1.82, 2.24) is 15.1 Å². The lowest BCUT2D eigenvalue weighted by atomic mass is 10.2. The standard InChI is InChI=1S/C10H13N5O/c1-6(2)8-13-10(16-15-8)7-4-3-5-12-9(7)14-11/h3-6H,11H2,1-2H3,(H,12,14). The molecule has 6 nitrogen and oxygen atoms in total. The Hall–Kier alpha value is -1.95. The number of nitrogens with two attached hydrogens (primary N) is 1. The van der Waals surface area contributed by atoms with Crippen molar-refractivity contribution in [2.75, 3.05) is 5.43 Å². The van der Waals surface area contributed by atoms with Crippen LogP contribution in [0.15, 0.2) is 22.9 Å². The van der Waals surface area contributed by atoms with Crippen LogP contribution in [-0.2, 0) is 0 Å². The fourth-order valence-corrected chi connectivity index (χ4v) is 1.27. The fourth-order valence-electron chi connectivity index (χ4n) is 1.27. The van der Waals surface area contributed by atoms with Crippen LogP contribution in [0, 0.1) is 0 Å². The molecule has 16 heavy (non-hydrogen) atoms. The quantitative estimate of drug-likeness (QED) is 0.601. The van der Waals surface area contributed by atoms with E-state index in [-0.39, 0.29) is 5.92 Å². The molecule has 6 heteroatoms. The Morgan fingerprint density at radius 2 is 2.25 bits per heavy atom. The Balaban J connectivity index is 2.42. The highest BCUT2D eigenvalue weighted by Crippen LogP contribution is 2.24. The Morgan fingerprint density at radius 3 is 2.88 bits per heavy atom. The Labute approximate surface area is 92.8 Å². The summed E-state index contributed by atoms with van der Waals surface area (Å²) in [5.41, 5.74) is 3.19. The van der Waals surface area contributed by atoms with Gasteiger partial charge < -0.3 is 9.95 Å². The highest BCUT2D eigenvalue weighted by molar-refractivity contribution is 5.67. The van der Waals surface area contributed by atoms with Crippen LogP contribution in [0.4, 0.5) is 5.82 Å². The van der Waals surface area contributed by atoms with Gasteiger partial charge in [0.25, 0.3) is 5.89 Å². The van der Waals surface area contributed by atoms with Gasteiger partial charge in [0.2, 0.25) is 0 Å². The average molecular weight is 219 g/mol. The highest BCUT2D eigenvalue weighted by Gasteiger charge is 2.14. The molecule has 0 atom stereocenters. The van der Waals surface area contributed by atoms with Crippen molar-refractivity contribution in [3.05, 3.63) is 24.2 Å². The maximum Gasteiger partial charge on any atom is 0.261 e. The van der Waals surface area contributed by atoms with Crippen LogP contribution >= 0.6 is 0 Å². The molecule has 0 saturated heterocycles. The van der Waals surface area contributed by atoms with Gasteiger partial charge in [-0.2, -0.15) is 4.98 Å². The third-order valence-corrected chi connectivity index (χ3v) is 2.13. The van der Waals surface area contributed by atoms with Crippen molar-refractivity contribution in [3.8, 4) is 11.5 Å². The fraction of sp³-hybridized carbons (Fsp3) is 0.300. The summed E-state index contributed by atoms with van der Waals surface area (Å²) in [6.45, 7) is 4.00. The third kappa shape index (κ3) is 1.87. The summed E-state index contributed by atoms with van der Waals surface area (Å²) in [5, 5.41) is 3.88. The lowest BCUT2D eigenvalue weighted by Crippen LogP contribution is -2.09. The van der Waals surface area contributed by atoms with E-state index in [2.05, 4.69) is 20.6 Å². The van der Waals surface area contributed by atoms with Crippen molar-refractivity contribution < 1.29 is 4.52 Å². The Kier molecular flexibility index (Phi) is 2.82. The minimum Gasteiger partial charge on any atom is -0.334 e. The molecule has 0 aromatic carbocycles. The van der Waals surface area contributed by atoms with Gasteiger partial charge >= 0.3 is 0 Å². The number of nitrogen functional groups attached to an aromatic ring is 1. The topological polar surface area (TPSA) is 89.9 Å². The molecular weight excluding hydrogens is 206 g/mol. The first-order valence-corrected chi connectivity index (χ1v) is 4.98. The molecule has 2 heterocycles. The molecule has 0 aliphatic heterocycles. The van der Waals surface area contributed by atoms with Crippen LogP contribution in [0.1, 0.15) is 25.6 Å². The summed E-state index contributed by atoms with van der Waals surface area (Å²) in [5.74, 6) is 7.18. The number of pyridine rings is 1. The Bertz CT molecular complexity index is 480. The normalized spacial score (nSPS) is 10.8. The molecule has 0 saturated carbocycles. The van der Waals surface area contributed by atoms with Crippen molar-refractivity contribution in [3.63, 3.8) is 0 Å². The summed E-state index contributed by atoms with van der Waals surface area (Å²) in [4.78, 5) is 8.34. The van der Waals surface area contributed by atoms with Gasteiger partial charge in [-0.1, -0.05) is 19.0 Å². The van der Waals surface area contributed by atoms with Crippen molar-refractivity contribution >= 4 is 5.82 Å². The molecule has 0 radical (unpaired) electrons. The lowest BCUT2D eigenvalue weighted by Gasteiger charge is -2.01. The maximum absolute atomic E-state index is 5.35. The second-order valence-electron chi connectivity index (χ2n) is 3.66. The molecule has 0 aliphatic rings.